The number of aromatic nitrogens is 1. The Morgan fingerprint density at radius 3 is 2.17 bits per heavy atom. The minimum Gasteiger partial charge on any atom is -0.347 e. The van der Waals surface area contributed by atoms with Crippen molar-refractivity contribution in [1.29, 1.82) is 0 Å². The van der Waals surface area contributed by atoms with Gasteiger partial charge in [-0.05, 0) is 6.42 Å². The highest BCUT2D eigenvalue weighted by Gasteiger charge is 2.34. The van der Waals surface area contributed by atoms with Gasteiger partial charge in [-0.1, -0.05) is 83.5 Å². The van der Waals surface area contributed by atoms with Crippen LogP contribution < -0.4 is 5.32 Å². The summed E-state index contributed by atoms with van der Waals surface area (Å²) < 4.78 is -2.93. The molecule has 0 aliphatic heterocycles. The standard InChI is InChI=1S/C13H16Cl6N2OS/c1-7(12(14,15)16)5-9(11-20-3-4-23-11)21-10(22)6-8(2)13(17,18)19/h3-4,7-9H,5-6H2,1-2H3,(H,21,22). The van der Waals surface area contributed by atoms with Crippen LogP contribution in [0.5, 0.6) is 0 Å². The maximum atomic E-state index is 12.2. The molecule has 132 valence electrons. The summed E-state index contributed by atoms with van der Waals surface area (Å²) in [5.41, 5.74) is 0. The van der Waals surface area contributed by atoms with Crippen LogP contribution >= 0.6 is 80.9 Å². The van der Waals surface area contributed by atoms with Crippen LogP contribution in [0.3, 0.4) is 0 Å². The molecule has 10 heteroatoms. The SMILES string of the molecule is CC(CC(=O)NC(CC(C)C(Cl)(Cl)Cl)c1nccs1)C(Cl)(Cl)Cl. The van der Waals surface area contributed by atoms with E-state index in [2.05, 4.69) is 10.3 Å². The van der Waals surface area contributed by atoms with E-state index in [4.69, 9.17) is 69.6 Å². The molecule has 1 heterocycles. The normalized spacial score (nSPS) is 16.7. The third-order valence-corrected chi connectivity index (χ3v) is 6.41. The number of alkyl halides is 6. The average molecular weight is 461 g/mol. The zero-order valence-electron chi connectivity index (χ0n) is 12.3. The van der Waals surface area contributed by atoms with Gasteiger partial charge >= 0.3 is 0 Å². The molecule has 0 aliphatic carbocycles. The Bertz CT molecular complexity index is 500. The van der Waals surface area contributed by atoms with Crippen LogP contribution in [0.4, 0.5) is 0 Å². The van der Waals surface area contributed by atoms with Crippen LogP contribution in [0.15, 0.2) is 11.6 Å². The van der Waals surface area contributed by atoms with Crippen molar-refractivity contribution in [2.45, 2.75) is 40.3 Å². The molecule has 0 aromatic carbocycles. The summed E-state index contributed by atoms with van der Waals surface area (Å²) in [6.07, 6.45) is 2.15. The van der Waals surface area contributed by atoms with E-state index in [-0.39, 0.29) is 24.3 Å². The minimum absolute atomic E-state index is 0.0700. The topological polar surface area (TPSA) is 42.0 Å². The van der Waals surface area contributed by atoms with Crippen molar-refractivity contribution in [3.05, 3.63) is 16.6 Å². The molecule has 1 aromatic rings. The fourth-order valence-corrected chi connectivity index (χ4v) is 2.96. The molecule has 1 rings (SSSR count). The van der Waals surface area contributed by atoms with Crippen molar-refractivity contribution in [1.82, 2.24) is 10.3 Å². The average Bonchev–Trinajstić information content (AvgIpc) is 2.89. The molecular weight excluding hydrogens is 445 g/mol. The van der Waals surface area contributed by atoms with Gasteiger partial charge in [0, 0.05) is 29.8 Å². The summed E-state index contributed by atoms with van der Waals surface area (Å²) in [6, 6.07) is -0.365. The molecule has 3 atom stereocenters. The quantitative estimate of drug-likeness (QED) is 0.521. The number of carbonyl (C=O) groups excluding carboxylic acids is 1. The van der Waals surface area contributed by atoms with Gasteiger partial charge < -0.3 is 5.32 Å². The van der Waals surface area contributed by atoms with Crippen LogP contribution in [-0.4, -0.2) is 18.5 Å². The number of hydrogen-bond donors (Lipinski definition) is 1. The lowest BCUT2D eigenvalue weighted by atomic mass is 10.0. The van der Waals surface area contributed by atoms with Gasteiger partial charge in [-0.3, -0.25) is 4.79 Å². The van der Waals surface area contributed by atoms with Gasteiger partial charge in [0.25, 0.3) is 0 Å². The van der Waals surface area contributed by atoms with E-state index in [0.717, 1.165) is 5.01 Å². The molecule has 0 spiro atoms. The Morgan fingerprint density at radius 1 is 1.17 bits per heavy atom. The van der Waals surface area contributed by atoms with Gasteiger partial charge in [-0.25, -0.2) is 4.98 Å². The number of hydrogen-bond acceptors (Lipinski definition) is 3. The molecule has 0 fully saturated rings. The van der Waals surface area contributed by atoms with E-state index < -0.39 is 13.5 Å². The summed E-state index contributed by atoms with van der Waals surface area (Å²) >= 11 is 36.6. The van der Waals surface area contributed by atoms with Crippen LogP contribution in [0.2, 0.25) is 0 Å². The zero-order chi connectivity index (χ0) is 17.8. The van der Waals surface area contributed by atoms with E-state index in [1.165, 1.54) is 11.3 Å². The number of rotatable bonds is 6. The van der Waals surface area contributed by atoms with Crippen molar-refractivity contribution in [2.24, 2.45) is 11.8 Å². The first-order valence-electron chi connectivity index (χ1n) is 6.73. The number of nitrogens with zero attached hydrogens (tertiary/aromatic N) is 1. The molecular formula is C13H16Cl6N2OS. The molecule has 0 bridgehead atoms. The first kappa shape index (κ1) is 21.9. The smallest absolute Gasteiger partial charge is 0.220 e. The van der Waals surface area contributed by atoms with Gasteiger partial charge in [0.1, 0.15) is 5.01 Å². The first-order valence-corrected chi connectivity index (χ1v) is 9.88. The van der Waals surface area contributed by atoms with E-state index in [9.17, 15) is 4.79 Å². The van der Waals surface area contributed by atoms with Crippen LogP contribution in [0.1, 0.15) is 37.7 Å². The van der Waals surface area contributed by atoms with Gasteiger partial charge in [0.15, 0.2) is 7.59 Å². The molecule has 1 amide bonds. The van der Waals surface area contributed by atoms with Crippen molar-refractivity contribution >= 4 is 86.8 Å². The summed E-state index contributed by atoms with van der Waals surface area (Å²) in [5.74, 6) is -0.970. The third-order valence-electron chi connectivity index (χ3n) is 3.28. The summed E-state index contributed by atoms with van der Waals surface area (Å²) in [6.45, 7) is 3.48. The van der Waals surface area contributed by atoms with Crippen molar-refractivity contribution in [3.8, 4) is 0 Å². The van der Waals surface area contributed by atoms with Gasteiger partial charge in [0.2, 0.25) is 5.91 Å². The third kappa shape index (κ3) is 7.72. The van der Waals surface area contributed by atoms with E-state index >= 15 is 0 Å². The monoisotopic (exact) mass is 458 g/mol. The second kappa shape index (κ2) is 8.98. The fourth-order valence-electron chi connectivity index (χ4n) is 1.76. The van der Waals surface area contributed by atoms with Crippen LogP contribution in [0, 0.1) is 11.8 Å². The maximum absolute atomic E-state index is 12.2. The molecule has 3 unspecified atom stereocenters. The van der Waals surface area contributed by atoms with Crippen molar-refractivity contribution < 1.29 is 4.79 Å². The Labute approximate surface area is 169 Å². The second-order valence-electron chi connectivity index (χ2n) is 5.32. The largest absolute Gasteiger partial charge is 0.347 e. The Kier molecular flexibility index (Phi) is 8.54. The highest BCUT2D eigenvalue weighted by Crippen LogP contribution is 2.40. The predicted molar refractivity (Wildman–Crippen MR) is 101 cm³/mol. The molecule has 0 saturated heterocycles. The highest BCUT2D eigenvalue weighted by atomic mass is 35.6. The molecule has 1 aromatic heterocycles. The first-order chi connectivity index (χ1) is 10.4. The fraction of sp³-hybridized carbons (Fsp3) is 0.692. The highest BCUT2D eigenvalue weighted by molar-refractivity contribution is 7.09. The van der Waals surface area contributed by atoms with Gasteiger partial charge in [-0.2, -0.15) is 0 Å². The van der Waals surface area contributed by atoms with Gasteiger partial charge in [0.05, 0.1) is 6.04 Å². The molecule has 23 heavy (non-hydrogen) atoms. The van der Waals surface area contributed by atoms with Crippen LogP contribution in [0.25, 0.3) is 0 Å². The number of amides is 1. The van der Waals surface area contributed by atoms with Crippen molar-refractivity contribution in [2.75, 3.05) is 0 Å². The lowest BCUT2D eigenvalue weighted by Gasteiger charge is -2.26. The summed E-state index contributed by atoms with van der Waals surface area (Å²) in [4.78, 5) is 16.5. The maximum Gasteiger partial charge on any atom is 0.220 e. The number of carbonyl (C=O) groups is 1. The molecule has 0 radical (unpaired) electrons. The van der Waals surface area contributed by atoms with E-state index in [1.54, 1.807) is 20.0 Å². The number of thiazole rings is 1. The lowest BCUT2D eigenvalue weighted by Crippen LogP contribution is -2.34. The molecule has 0 saturated carbocycles. The Hall–Kier alpha value is 0.840. The Morgan fingerprint density at radius 2 is 1.74 bits per heavy atom. The predicted octanol–water partition coefficient (Wildman–Crippen LogP) is 6.09. The molecule has 0 aliphatic rings. The number of nitrogens with one attached hydrogen (secondary N) is 1. The number of halogens is 6. The minimum atomic E-state index is -1.50. The van der Waals surface area contributed by atoms with Crippen LogP contribution in [-0.2, 0) is 4.79 Å². The van der Waals surface area contributed by atoms with Gasteiger partial charge in [-0.15, -0.1) is 11.3 Å². The molecule has 1 N–H and O–H groups in total. The second-order valence-corrected chi connectivity index (χ2v) is 11.0. The summed E-state index contributed by atoms with van der Waals surface area (Å²) in [7, 11) is 0. The van der Waals surface area contributed by atoms with E-state index in [1.807, 2.05) is 5.38 Å². The van der Waals surface area contributed by atoms with E-state index in [0.29, 0.717) is 6.42 Å². The Balaban J connectivity index is 2.77. The molecule has 3 nitrogen and oxygen atoms in total. The summed E-state index contributed by atoms with van der Waals surface area (Å²) in [5, 5.41) is 5.44. The zero-order valence-corrected chi connectivity index (χ0v) is 17.7. The van der Waals surface area contributed by atoms with Crippen molar-refractivity contribution in [3.63, 3.8) is 0 Å². The lowest BCUT2D eigenvalue weighted by molar-refractivity contribution is -0.122.